The summed E-state index contributed by atoms with van der Waals surface area (Å²) in [6.45, 7) is 5.00. The molecule has 3 amide bonds. The van der Waals surface area contributed by atoms with Crippen LogP contribution < -0.4 is 5.32 Å². The van der Waals surface area contributed by atoms with Gasteiger partial charge in [-0.25, -0.2) is 4.39 Å². The number of benzene rings is 1. The Morgan fingerprint density at radius 2 is 1.74 bits per heavy atom. The van der Waals surface area contributed by atoms with E-state index in [0.717, 1.165) is 6.42 Å². The van der Waals surface area contributed by atoms with Crippen molar-refractivity contribution in [1.29, 1.82) is 0 Å². The van der Waals surface area contributed by atoms with Gasteiger partial charge in [-0.15, -0.1) is 0 Å². The van der Waals surface area contributed by atoms with Crippen LogP contribution in [0.15, 0.2) is 24.3 Å². The third-order valence-electron chi connectivity index (χ3n) is 4.49. The van der Waals surface area contributed by atoms with Crippen LogP contribution in [-0.2, 0) is 9.59 Å². The molecule has 148 valence electrons. The Bertz CT molecular complexity index is 657. The van der Waals surface area contributed by atoms with E-state index in [2.05, 4.69) is 5.32 Å². The highest BCUT2D eigenvalue weighted by molar-refractivity contribution is 5.94. The van der Waals surface area contributed by atoms with Gasteiger partial charge in [-0.1, -0.05) is 6.92 Å². The second-order valence-electron chi connectivity index (χ2n) is 6.67. The summed E-state index contributed by atoms with van der Waals surface area (Å²) in [5, 5.41) is 2.74. The average Bonchev–Trinajstić information content (AvgIpc) is 2.67. The van der Waals surface area contributed by atoms with E-state index in [-0.39, 0.29) is 36.6 Å². The first-order chi connectivity index (χ1) is 12.9. The van der Waals surface area contributed by atoms with Gasteiger partial charge in [0.15, 0.2) is 0 Å². The summed E-state index contributed by atoms with van der Waals surface area (Å²) < 4.78 is 13.0. The Morgan fingerprint density at radius 1 is 1.11 bits per heavy atom. The fourth-order valence-electron chi connectivity index (χ4n) is 2.82. The van der Waals surface area contributed by atoms with Gasteiger partial charge in [0.05, 0.1) is 13.1 Å². The summed E-state index contributed by atoms with van der Waals surface area (Å²) in [7, 11) is 1.61. The Labute approximate surface area is 159 Å². The first-order valence-corrected chi connectivity index (χ1v) is 9.18. The lowest BCUT2D eigenvalue weighted by molar-refractivity contribution is -0.135. The van der Waals surface area contributed by atoms with Crippen molar-refractivity contribution < 1.29 is 18.8 Å². The molecule has 2 rings (SSSR count). The third-order valence-corrected chi connectivity index (χ3v) is 4.49. The first-order valence-electron chi connectivity index (χ1n) is 9.18. The fraction of sp³-hybridized carbons (Fsp3) is 0.526. The van der Waals surface area contributed by atoms with E-state index >= 15 is 0 Å². The van der Waals surface area contributed by atoms with Gasteiger partial charge >= 0.3 is 0 Å². The van der Waals surface area contributed by atoms with Crippen molar-refractivity contribution in [3.8, 4) is 0 Å². The number of likely N-dealkylation sites (N-methyl/N-ethyl adjacent to an activating group) is 1. The summed E-state index contributed by atoms with van der Waals surface area (Å²) >= 11 is 0. The number of piperazine rings is 1. The summed E-state index contributed by atoms with van der Waals surface area (Å²) in [5.74, 6) is -0.796. The van der Waals surface area contributed by atoms with Gasteiger partial charge in [-0.2, -0.15) is 0 Å². The molecule has 0 saturated carbocycles. The topological polar surface area (TPSA) is 73.0 Å². The van der Waals surface area contributed by atoms with Gasteiger partial charge in [0.2, 0.25) is 11.8 Å². The minimum atomic E-state index is -0.373. The predicted octanol–water partition coefficient (Wildman–Crippen LogP) is 0.568. The maximum absolute atomic E-state index is 13.0. The summed E-state index contributed by atoms with van der Waals surface area (Å²) in [6.07, 6.45) is 0.852. The van der Waals surface area contributed by atoms with Crippen LogP contribution >= 0.6 is 0 Å². The van der Waals surface area contributed by atoms with Crippen LogP contribution in [0, 0.1) is 5.82 Å². The number of rotatable bonds is 7. The molecule has 0 radical (unpaired) electrons. The number of halogens is 1. The van der Waals surface area contributed by atoms with Crippen LogP contribution in [0.25, 0.3) is 0 Å². The minimum absolute atomic E-state index is 0.0435. The van der Waals surface area contributed by atoms with Crippen LogP contribution in [0.3, 0.4) is 0 Å². The predicted molar refractivity (Wildman–Crippen MR) is 99.7 cm³/mol. The number of hydrogen-bond acceptors (Lipinski definition) is 4. The number of carbonyl (C=O) groups excluding carboxylic acids is 3. The van der Waals surface area contributed by atoms with E-state index < -0.39 is 0 Å². The normalized spacial score (nSPS) is 14.7. The maximum Gasteiger partial charge on any atom is 0.253 e. The Kier molecular flexibility index (Phi) is 7.72. The molecule has 0 unspecified atom stereocenters. The average molecular weight is 378 g/mol. The molecule has 1 aliphatic rings. The molecule has 0 bridgehead atoms. The molecule has 0 spiro atoms. The largest absolute Gasteiger partial charge is 0.355 e. The van der Waals surface area contributed by atoms with Gasteiger partial charge in [0.25, 0.3) is 5.91 Å². The van der Waals surface area contributed by atoms with Crippen molar-refractivity contribution in [1.82, 2.24) is 20.0 Å². The highest BCUT2D eigenvalue weighted by atomic mass is 19.1. The van der Waals surface area contributed by atoms with E-state index in [9.17, 15) is 18.8 Å². The molecule has 1 N–H and O–H groups in total. The van der Waals surface area contributed by atoms with Gasteiger partial charge in [0, 0.05) is 45.3 Å². The van der Waals surface area contributed by atoms with Gasteiger partial charge < -0.3 is 15.1 Å². The lowest BCUT2D eigenvalue weighted by Gasteiger charge is -2.35. The van der Waals surface area contributed by atoms with E-state index in [1.165, 1.54) is 29.2 Å². The third kappa shape index (κ3) is 6.32. The zero-order chi connectivity index (χ0) is 19.8. The molecule has 1 fully saturated rings. The Hall–Kier alpha value is -2.48. The fourth-order valence-corrected chi connectivity index (χ4v) is 2.82. The molecule has 8 heteroatoms. The summed E-state index contributed by atoms with van der Waals surface area (Å²) in [5.41, 5.74) is 0.457. The molecular weight excluding hydrogens is 351 g/mol. The van der Waals surface area contributed by atoms with Crippen LogP contribution in [0.1, 0.15) is 23.7 Å². The molecule has 1 saturated heterocycles. The van der Waals surface area contributed by atoms with Crippen molar-refractivity contribution in [2.45, 2.75) is 13.3 Å². The first kappa shape index (κ1) is 20.8. The van der Waals surface area contributed by atoms with Crippen molar-refractivity contribution in [3.63, 3.8) is 0 Å². The van der Waals surface area contributed by atoms with Crippen LogP contribution in [0.2, 0.25) is 0 Å². The van der Waals surface area contributed by atoms with E-state index in [0.29, 0.717) is 38.3 Å². The molecule has 1 aliphatic heterocycles. The van der Waals surface area contributed by atoms with Crippen LogP contribution in [0.4, 0.5) is 4.39 Å². The van der Waals surface area contributed by atoms with Gasteiger partial charge in [0.1, 0.15) is 5.82 Å². The van der Waals surface area contributed by atoms with E-state index in [4.69, 9.17) is 0 Å². The van der Waals surface area contributed by atoms with Crippen LogP contribution in [-0.4, -0.2) is 85.3 Å². The van der Waals surface area contributed by atoms with Crippen molar-refractivity contribution >= 4 is 17.7 Å². The molecule has 0 atom stereocenters. The van der Waals surface area contributed by atoms with E-state index in [1.807, 2.05) is 11.8 Å². The molecule has 7 nitrogen and oxygen atoms in total. The second-order valence-corrected chi connectivity index (χ2v) is 6.67. The minimum Gasteiger partial charge on any atom is -0.355 e. The maximum atomic E-state index is 13.0. The second kappa shape index (κ2) is 10.0. The monoisotopic (exact) mass is 378 g/mol. The quantitative estimate of drug-likeness (QED) is 0.753. The number of amides is 3. The Morgan fingerprint density at radius 3 is 2.33 bits per heavy atom. The Balaban J connectivity index is 1.76. The molecule has 1 aromatic carbocycles. The highest BCUT2D eigenvalue weighted by Gasteiger charge is 2.24. The molecule has 0 aromatic heterocycles. The zero-order valence-corrected chi connectivity index (χ0v) is 15.9. The standard InChI is InChI=1S/C19H27FN4O3/c1-3-8-21-17(25)13-22(2)18(26)14-23-9-11-24(12-10-23)19(27)15-4-6-16(20)7-5-15/h4-7H,3,8-14H2,1-2H3,(H,21,25). The smallest absolute Gasteiger partial charge is 0.253 e. The lowest BCUT2D eigenvalue weighted by atomic mass is 10.2. The van der Waals surface area contributed by atoms with E-state index in [1.54, 1.807) is 11.9 Å². The van der Waals surface area contributed by atoms with Gasteiger partial charge in [-0.05, 0) is 30.7 Å². The highest BCUT2D eigenvalue weighted by Crippen LogP contribution is 2.10. The number of carbonyl (C=O) groups is 3. The molecule has 1 aromatic rings. The summed E-state index contributed by atoms with van der Waals surface area (Å²) in [6, 6.07) is 5.50. The SMILES string of the molecule is CCCNC(=O)CN(C)C(=O)CN1CCN(C(=O)c2ccc(F)cc2)CC1. The number of nitrogens with one attached hydrogen (secondary N) is 1. The molecular formula is C19H27FN4O3. The molecule has 1 heterocycles. The lowest BCUT2D eigenvalue weighted by Crippen LogP contribution is -2.51. The summed E-state index contributed by atoms with van der Waals surface area (Å²) in [4.78, 5) is 41.5. The van der Waals surface area contributed by atoms with Crippen molar-refractivity contribution in [2.24, 2.45) is 0 Å². The van der Waals surface area contributed by atoms with Crippen molar-refractivity contribution in [3.05, 3.63) is 35.6 Å². The van der Waals surface area contributed by atoms with Crippen LogP contribution in [0.5, 0.6) is 0 Å². The number of nitrogens with zero attached hydrogens (tertiary/aromatic N) is 3. The van der Waals surface area contributed by atoms with Crippen molar-refractivity contribution in [2.75, 3.05) is 52.9 Å². The zero-order valence-electron chi connectivity index (χ0n) is 15.9. The number of hydrogen-bond donors (Lipinski definition) is 1. The molecule has 0 aliphatic carbocycles. The molecule has 27 heavy (non-hydrogen) atoms. The van der Waals surface area contributed by atoms with Gasteiger partial charge in [-0.3, -0.25) is 19.3 Å².